The lowest BCUT2D eigenvalue weighted by atomic mass is 10.0. The normalized spacial score (nSPS) is 15.0. The Morgan fingerprint density at radius 3 is 2.83 bits per heavy atom. The molecule has 0 atom stereocenters. The minimum absolute atomic E-state index is 0.0417. The third-order valence-corrected chi connectivity index (χ3v) is 5.52. The van der Waals surface area contributed by atoms with Gasteiger partial charge in [-0.25, -0.2) is 4.98 Å². The molecule has 0 bridgehead atoms. The molecule has 6 heteroatoms. The zero-order valence-electron chi connectivity index (χ0n) is 12.6. The summed E-state index contributed by atoms with van der Waals surface area (Å²) in [5.41, 5.74) is 1.57. The van der Waals surface area contributed by atoms with E-state index in [1.165, 1.54) is 37.0 Å². The molecule has 0 aliphatic heterocycles. The molecule has 1 N–H and O–H groups in total. The summed E-state index contributed by atoms with van der Waals surface area (Å²) >= 11 is 13.5. The molecular weight excluding hydrogens is 351 g/mol. The predicted molar refractivity (Wildman–Crippen MR) is 97.4 cm³/mol. The lowest BCUT2D eigenvalue weighted by Gasteiger charge is -2.07. The Hall–Kier alpha value is -1.10. The van der Waals surface area contributed by atoms with E-state index in [4.69, 9.17) is 23.2 Å². The van der Waals surface area contributed by atoms with E-state index in [9.17, 15) is 4.79 Å². The summed E-state index contributed by atoms with van der Waals surface area (Å²) in [7, 11) is 0. The predicted octanol–water partition coefficient (Wildman–Crippen LogP) is 6.03. The van der Waals surface area contributed by atoms with Gasteiger partial charge in [0.1, 0.15) is 0 Å². The number of thiazole rings is 1. The third-order valence-electron chi connectivity index (χ3n) is 4.21. The van der Waals surface area contributed by atoms with E-state index in [0.717, 1.165) is 23.6 Å². The summed E-state index contributed by atoms with van der Waals surface area (Å²) in [6.45, 7) is 0. The molecule has 1 aliphatic carbocycles. The number of hydrogen-bond donors (Lipinski definition) is 1. The number of carbonyl (C=O) groups is 1. The summed E-state index contributed by atoms with van der Waals surface area (Å²) in [5.74, 6) is 0.764. The van der Waals surface area contributed by atoms with Gasteiger partial charge in [0.25, 0.3) is 0 Å². The van der Waals surface area contributed by atoms with Crippen molar-refractivity contribution in [1.82, 2.24) is 4.98 Å². The van der Waals surface area contributed by atoms with Crippen LogP contribution >= 0.6 is 34.5 Å². The van der Waals surface area contributed by atoms with Gasteiger partial charge in [0.05, 0.1) is 10.7 Å². The van der Waals surface area contributed by atoms with E-state index in [-0.39, 0.29) is 5.91 Å². The second-order valence-electron chi connectivity index (χ2n) is 5.90. The van der Waals surface area contributed by atoms with Crippen molar-refractivity contribution in [2.24, 2.45) is 5.92 Å². The first-order valence-electron chi connectivity index (χ1n) is 7.82. The Balaban J connectivity index is 1.59. The molecule has 1 aromatic carbocycles. The minimum atomic E-state index is 0.0417. The maximum absolute atomic E-state index is 12.0. The van der Waals surface area contributed by atoms with E-state index in [0.29, 0.717) is 21.6 Å². The second-order valence-corrected chi connectivity index (χ2v) is 7.60. The molecule has 122 valence electrons. The summed E-state index contributed by atoms with van der Waals surface area (Å²) in [5, 5.41) is 6.54. The highest BCUT2D eigenvalue weighted by atomic mass is 35.5. The van der Waals surface area contributed by atoms with Gasteiger partial charge in [-0.3, -0.25) is 4.79 Å². The molecule has 23 heavy (non-hydrogen) atoms. The van der Waals surface area contributed by atoms with Gasteiger partial charge in [-0.15, -0.1) is 11.3 Å². The first-order valence-corrected chi connectivity index (χ1v) is 9.46. The Labute approximate surface area is 150 Å². The van der Waals surface area contributed by atoms with Gasteiger partial charge < -0.3 is 5.32 Å². The van der Waals surface area contributed by atoms with Gasteiger partial charge in [-0.2, -0.15) is 0 Å². The smallest absolute Gasteiger partial charge is 0.226 e. The SMILES string of the molecule is O=C(CCC1CCCC1)Nc1nc(-c2ccc(Cl)cc2Cl)cs1. The number of anilines is 1. The molecule has 1 fully saturated rings. The van der Waals surface area contributed by atoms with Crippen molar-refractivity contribution in [3.05, 3.63) is 33.6 Å². The molecule has 3 rings (SSSR count). The maximum Gasteiger partial charge on any atom is 0.226 e. The van der Waals surface area contributed by atoms with Crippen LogP contribution in [0.4, 0.5) is 5.13 Å². The van der Waals surface area contributed by atoms with Gasteiger partial charge >= 0.3 is 0 Å². The molecule has 0 unspecified atom stereocenters. The molecule has 1 aromatic heterocycles. The van der Waals surface area contributed by atoms with Gasteiger partial charge in [-0.1, -0.05) is 48.9 Å². The van der Waals surface area contributed by atoms with Crippen LogP contribution in [0.2, 0.25) is 10.0 Å². The number of hydrogen-bond acceptors (Lipinski definition) is 3. The van der Waals surface area contributed by atoms with Crippen molar-refractivity contribution in [2.45, 2.75) is 38.5 Å². The number of rotatable bonds is 5. The Morgan fingerprint density at radius 2 is 2.09 bits per heavy atom. The van der Waals surface area contributed by atoms with Crippen molar-refractivity contribution in [1.29, 1.82) is 0 Å². The Kier molecular flexibility index (Phi) is 5.57. The fourth-order valence-corrected chi connectivity index (χ4v) is 4.20. The molecule has 1 amide bonds. The number of benzene rings is 1. The second kappa shape index (κ2) is 7.65. The third kappa shape index (κ3) is 4.46. The quantitative estimate of drug-likeness (QED) is 0.700. The zero-order chi connectivity index (χ0) is 16.2. The summed E-state index contributed by atoms with van der Waals surface area (Å²) in [6, 6.07) is 5.31. The molecule has 1 heterocycles. The number of halogens is 2. The van der Waals surface area contributed by atoms with Crippen LogP contribution in [0.3, 0.4) is 0 Å². The minimum Gasteiger partial charge on any atom is -0.302 e. The largest absolute Gasteiger partial charge is 0.302 e. The van der Waals surface area contributed by atoms with E-state index in [1.807, 2.05) is 11.4 Å². The van der Waals surface area contributed by atoms with E-state index >= 15 is 0 Å². The summed E-state index contributed by atoms with van der Waals surface area (Å²) in [6.07, 6.45) is 6.70. The number of aromatic nitrogens is 1. The lowest BCUT2D eigenvalue weighted by molar-refractivity contribution is -0.116. The van der Waals surface area contributed by atoms with Crippen LogP contribution in [0.25, 0.3) is 11.3 Å². The van der Waals surface area contributed by atoms with Crippen LogP contribution in [0.1, 0.15) is 38.5 Å². The van der Waals surface area contributed by atoms with Crippen LogP contribution in [0, 0.1) is 5.92 Å². The number of nitrogens with zero attached hydrogens (tertiary/aromatic N) is 1. The molecule has 2 aromatic rings. The highest BCUT2D eigenvalue weighted by Gasteiger charge is 2.17. The van der Waals surface area contributed by atoms with Gasteiger partial charge in [-0.05, 0) is 30.5 Å². The summed E-state index contributed by atoms with van der Waals surface area (Å²) < 4.78 is 0. The molecule has 3 nitrogen and oxygen atoms in total. The maximum atomic E-state index is 12.0. The van der Waals surface area contributed by atoms with Crippen molar-refractivity contribution in [2.75, 3.05) is 5.32 Å². The van der Waals surface area contributed by atoms with Crippen LogP contribution in [0.5, 0.6) is 0 Å². The number of nitrogens with one attached hydrogen (secondary N) is 1. The van der Waals surface area contributed by atoms with Gasteiger partial charge in [0.2, 0.25) is 5.91 Å². The van der Waals surface area contributed by atoms with Crippen molar-refractivity contribution < 1.29 is 4.79 Å². The topological polar surface area (TPSA) is 42.0 Å². The molecular formula is C17H18Cl2N2OS. The van der Waals surface area contributed by atoms with E-state index in [1.54, 1.807) is 12.1 Å². The number of carbonyl (C=O) groups excluding carboxylic acids is 1. The van der Waals surface area contributed by atoms with Crippen molar-refractivity contribution in [3.8, 4) is 11.3 Å². The fourth-order valence-electron chi connectivity index (χ4n) is 2.97. The van der Waals surface area contributed by atoms with E-state index in [2.05, 4.69) is 10.3 Å². The van der Waals surface area contributed by atoms with Crippen LogP contribution in [-0.4, -0.2) is 10.9 Å². The van der Waals surface area contributed by atoms with Crippen LogP contribution in [-0.2, 0) is 4.79 Å². The van der Waals surface area contributed by atoms with Gasteiger partial charge in [0.15, 0.2) is 5.13 Å². The van der Waals surface area contributed by atoms with Gasteiger partial charge in [0, 0.05) is 22.4 Å². The van der Waals surface area contributed by atoms with Crippen LogP contribution in [0.15, 0.2) is 23.6 Å². The highest BCUT2D eigenvalue weighted by Crippen LogP contribution is 2.32. The first kappa shape index (κ1) is 16.7. The monoisotopic (exact) mass is 368 g/mol. The zero-order valence-corrected chi connectivity index (χ0v) is 15.0. The fraction of sp³-hybridized carbons (Fsp3) is 0.412. The lowest BCUT2D eigenvalue weighted by Crippen LogP contribution is -2.12. The Bertz CT molecular complexity index is 696. The van der Waals surface area contributed by atoms with E-state index < -0.39 is 0 Å². The molecule has 0 saturated heterocycles. The first-order chi connectivity index (χ1) is 11.1. The summed E-state index contributed by atoms with van der Waals surface area (Å²) in [4.78, 5) is 16.5. The average molecular weight is 369 g/mol. The Morgan fingerprint density at radius 1 is 1.30 bits per heavy atom. The standard InChI is InChI=1S/C17H18Cl2N2OS/c18-12-6-7-13(14(19)9-12)15-10-23-17(20-15)21-16(22)8-5-11-3-1-2-4-11/h6-7,9-11H,1-5,8H2,(H,20,21,22). The molecule has 1 aliphatic rings. The van der Waals surface area contributed by atoms with Crippen molar-refractivity contribution in [3.63, 3.8) is 0 Å². The average Bonchev–Trinajstić information content (AvgIpc) is 3.17. The van der Waals surface area contributed by atoms with Crippen LogP contribution < -0.4 is 5.32 Å². The number of amides is 1. The molecule has 1 saturated carbocycles. The highest BCUT2D eigenvalue weighted by molar-refractivity contribution is 7.14. The molecule has 0 radical (unpaired) electrons. The van der Waals surface area contributed by atoms with Crippen molar-refractivity contribution >= 4 is 45.6 Å². The molecule has 0 spiro atoms.